The second kappa shape index (κ2) is 8.05. The summed E-state index contributed by atoms with van der Waals surface area (Å²) in [6.07, 6.45) is 6.93. The summed E-state index contributed by atoms with van der Waals surface area (Å²) in [5, 5.41) is 0. The molecule has 0 bridgehead atoms. The molecule has 0 aliphatic heterocycles. The molecule has 1 aromatic carbocycles. The lowest BCUT2D eigenvalue weighted by atomic mass is 9.89. The number of hydrogen-bond acceptors (Lipinski definition) is 1. The Bertz CT molecular complexity index is 316. The van der Waals surface area contributed by atoms with Gasteiger partial charge in [0.05, 0.1) is 0 Å². The summed E-state index contributed by atoms with van der Waals surface area (Å²) in [6, 6.07) is 10.5. The van der Waals surface area contributed by atoms with Crippen molar-refractivity contribution in [3.63, 3.8) is 0 Å². The van der Waals surface area contributed by atoms with Gasteiger partial charge in [-0.1, -0.05) is 62.9 Å². The molecule has 0 heterocycles. The minimum atomic E-state index is 0.300. The van der Waals surface area contributed by atoms with Crippen LogP contribution < -0.4 is 0 Å². The average Bonchev–Trinajstić information content (AvgIpc) is 2.34. The smallest absolute Gasteiger partial charge is 0.130 e. The maximum Gasteiger partial charge on any atom is 0.130 e. The van der Waals surface area contributed by atoms with Crippen molar-refractivity contribution in [2.45, 2.75) is 58.3 Å². The summed E-state index contributed by atoms with van der Waals surface area (Å²) in [6.45, 7) is 3.92. The maximum absolute atomic E-state index is 11.3. The largest absolute Gasteiger partial charge is 0.300 e. The van der Waals surface area contributed by atoms with Crippen molar-refractivity contribution >= 4 is 5.78 Å². The van der Waals surface area contributed by atoms with Crippen LogP contribution in [0.2, 0.25) is 0 Å². The molecule has 1 atom stereocenters. The summed E-state index contributed by atoms with van der Waals surface area (Å²) in [4.78, 5) is 11.3. The van der Waals surface area contributed by atoms with Gasteiger partial charge in [0.15, 0.2) is 0 Å². The number of ketones is 1. The third kappa shape index (κ3) is 5.67. The van der Waals surface area contributed by atoms with Crippen molar-refractivity contribution in [2.75, 3.05) is 0 Å². The molecular weight excluding hydrogens is 208 g/mol. The molecule has 94 valence electrons. The molecule has 1 nitrogen and oxygen atoms in total. The normalized spacial score (nSPS) is 12.4. The Morgan fingerprint density at radius 1 is 1.12 bits per heavy atom. The van der Waals surface area contributed by atoms with Crippen LogP contribution in [0.5, 0.6) is 0 Å². The molecule has 1 unspecified atom stereocenters. The van der Waals surface area contributed by atoms with E-state index in [0.29, 0.717) is 18.1 Å². The van der Waals surface area contributed by atoms with Gasteiger partial charge in [-0.25, -0.2) is 0 Å². The van der Waals surface area contributed by atoms with E-state index >= 15 is 0 Å². The number of carbonyl (C=O) groups is 1. The lowest BCUT2D eigenvalue weighted by Crippen LogP contribution is -2.04. The standard InChI is InChI=1S/C16H24O/c1-3-4-5-7-12-16(13-14(2)17)15-10-8-6-9-11-15/h6,8-11,16H,3-5,7,12-13H2,1-2H3. The first-order valence-corrected chi connectivity index (χ1v) is 6.78. The van der Waals surface area contributed by atoms with E-state index in [9.17, 15) is 4.79 Å². The number of benzene rings is 1. The van der Waals surface area contributed by atoms with E-state index in [1.807, 2.05) is 6.07 Å². The maximum atomic E-state index is 11.3. The molecule has 0 saturated heterocycles. The Hall–Kier alpha value is -1.11. The highest BCUT2D eigenvalue weighted by Gasteiger charge is 2.12. The molecule has 0 fully saturated rings. The molecule has 0 saturated carbocycles. The lowest BCUT2D eigenvalue weighted by molar-refractivity contribution is -0.117. The van der Waals surface area contributed by atoms with Crippen molar-refractivity contribution in [3.05, 3.63) is 35.9 Å². The topological polar surface area (TPSA) is 17.1 Å². The summed E-state index contributed by atoms with van der Waals surface area (Å²) >= 11 is 0. The Kier molecular flexibility index (Phi) is 6.61. The van der Waals surface area contributed by atoms with Crippen LogP contribution in [0.3, 0.4) is 0 Å². The first-order valence-electron chi connectivity index (χ1n) is 6.78. The number of Topliss-reactive ketones (excluding diaryl/α,β-unsaturated/α-hetero) is 1. The minimum Gasteiger partial charge on any atom is -0.300 e. The summed E-state index contributed by atoms with van der Waals surface area (Å²) in [5.41, 5.74) is 1.32. The van der Waals surface area contributed by atoms with Crippen LogP contribution >= 0.6 is 0 Å². The van der Waals surface area contributed by atoms with Crippen LogP contribution in [0, 0.1) is 0 Å². The Balaban J connectivity index is 2.52. The SMILES string of the molecule is CCCCCCC(CC(C)=O)c1ccccc1. The zero-order valence-corrected chi connectivity index (χ0v) is 11.1. The molecule has 0 spiro atoms. The molecule has 1 rings (SSSR count). The van der Waals surface area contributed by atoms with Crippen molar-refractivity contribution in [3.8, 4) is 0 Å². The van der Waals surface area contributed by atoms with Gasteiger partial charge in [-0.05, 0) is 24.8 Å². The van der Waals surface area contributed by atoms with Crippen molar-refractivity contribution < 1.29 is 4.79 Å². The predicted octanol–water partition coefficient (Wildman–Crippen LogP) is 4.72. The van der Waals surface area contributed by atoms with Gasteiger partial charge in [-0.15, -0.1) is 0 Å². The fourth-order valence-electron chi connectivity index (χ4n) is 2.28. The number of carbonyl (C=O) groups excluding carboxylic acids is 1. The van der Waals surface area contributed by atoms with Gasteiger partial charge in [0, 0.05) is 6.42 Å². The summed E-state index contributed by atoms with van der Waals surface area (Å²) in [7, 11) is 0. The fourth-order valence-corrected chi connectivity index (χ4v) is 2.28. The third-order valence-corrected chi connectivity index (χ3v) is 3.21. The van der Waals surface area contributed by atoms with Gasteiger partial charge in [0.1, 0.15) is 5.78 Å². The van der Waals surface area contributed by atoms with E-state index in [1.165, 1.54) is 31.2 Å². The highest BCUT2D eigenvalue weighted by Crippen LogP contribution is 2.26. The zero-order chi connectivity index (χ0) is 12.5. The lowest BCUT2D eigenvalue weighted by Gasteiger charge is -2.15. The third-order valence-electron chi connectivity index (χ3n) is 3.21. The van der Waals surface area contributed by atoms with Gasteiger partial charge in [0.25, 0.3) is 0 Å². The van der Waals surface area contributed by atoms with E-state index in [2.05, 4.69) is 31.2 Å². The Morgan fingerprint density at radius 3 is 2.41 bits per heavy atom. The molecule has 0 N–H and O–H groups in total. The van der Waals surface area contributed by atoms with Crippen molar-refractivity contribution in [1.29, 1.82) is 0 Å². The molecule has 1 heteroatoms. The molecular formula is C16H24O. The summed E-state index contributed by atoms with van der Waals surface area (Å²) < 4.78 is 0. The monoisotopic (exact) mass is 232 g/mol. The van der Waals surface area contributed by atoms with Crippen LogP contribution in [0.1, 0.15) is 63.9 Å². The zero-order valence-electron chi connectivity index (χ0n) is 11.1. The van der Waals surface area contributed by atoms with Crippen LogP contribution in [0.15, 0.2) is 30.3 Å². The second-order valence-corrected chi connectivity index (χ2v) is 4.86. The van der Waals surface area contributed by atoms with Crippen LogP contribution in [-0.2, 0) is 4.79 Å². The van der Waals surface area contributed by atoms with Crippen molar-refractivity contribution in [2.24, 2.45) is 0 Å². The highest BCUT2D eigenvalue weighted by molar-refractivity contribution is 5.76. The number of unbranched alkanes of at least 4 members (excludes halogenated alkanes) is 3. The first kappa shape index (κ1) is 14.0. The van der Waals surface area contributed by atoms with Gasteiger partial charge in [-0.2, -0.15) is 0 Å². The van der Waals surface area contributed by atoms with Crippen LogP contribution in [0.4, 0.5) is 0 Å². The molecule has 0 amide bonds. The van der Waals surface area contributed by atoms with Crippen LogP contribution in [0.25, 0.3) is 0 Å². The first-order chi connectivity index (χ1) is 8.24. The van der Waals surface area contributed by atoms with Crippen LogP contribution in [-0.4, -0.2) is 5.78 Å². The van der Waals surface area contributed by atoms with Gasteiger partial charge < -0.3 is 4.79 Å². The molecule has 0 radical (unpaired) electrons. The summed E-state index contributed by atoms with van der Waals surface area (Å²) in [5.74, 6) is 0.722. The Labute approximate surface area is 105 Å². The number of rotatable bonds is 8. The number of hydrogen-bond donors (Lipinski definition) is 0. The minimum absolute atomic E-state index is 0.300. The quantitative estimate of drug-likeness (QED) is 0.593. The molecule has 0 aliphatic rings. The van der Waals surface area contributed by atoms with Gasteiger partial charge in [0.2, 0.25) is 0 Å². The highest BCUT2D eigenvalue weighted by atomic mass is 16.1. The van der Waals surface area contributed by atoms with E-state index in [0.717, 1.165) is 6.42 Å². The molecule has 0 aliphatic carbocycles. The Morgan fingerprint density at radius 2 is 1.82 bits per heavy atom. The van der Waals surface area contributed by atoms with Gasteiger partial charge in [-0.3, -0.25) is 0 Å². The predicted molar refractivity (Wildman–Crippen MR) is 73.2 cm³/mol. The molecule has 0 aromatic heterocycles. The second-order valence-electron chi connectivity index (χ2n) is 4.86. The molecule has 17 heavy (non-hydrogen) atoms. The fraction of sp³-hybridized carbons (Fsp3) is 0.562. The molecule has 1 aromatic rings. The van der Waals surface area contributed by atoms with E-state index < -0.39 is 0 Å². The van der Waals surface area contributed by atoms with Gasteiger partial charge >= 0.3 is 0 Å². The van der Waals surface area contributed by atoms with E-state index in [4.69, 9.17) is 0 Å². The van der Waals surface area contributed by atoms with E-state index in [1.54, 1.807) is 6.92 Å². The average molecular weight is 232 g/mol. The van der Waals surface area contributed by atoms with E-state index in [-0.39, 0.29) is 0 Å². The van der Waals surface area contributed by atoms with Crippen molar-refractivity contribution in [1.82, 2.24) is 0 Å².